The zero-order valence-corrected chi connectivity index (χ0v) is 15.3. The normalized spacial score (nSPS) is 10.3. The summed E-state index contributed by atoms with van der Waals surface area (Å²) in [6.45, 7) is 7.36. The fourth-order valence-electron chi connectivity index (χ4n) is 2.32. The number of hydrogen-bond donors (Lipinski definition) is 0. The van der Waals surface area contributed by atoms with Gasteiger partial charge in [0, 0.05) is 0 Å². The van der Waals surface area contributed by atoms with Gasteiger partial charge in [0.25, 0.3) is 0 Å². The van der Waals surface area contributed by atoms with Gasteiger partial charge in [-0.1, -0.05) is 45.0 Å². The van der Waals surface area contributed by atoms with Gasteiger partial charge >= 0.3 is 0 Å². The van der Waals surface area contributed by atoms with Gasteiger partial charge in [0.05, 0.1) is 0 Å². The summed E-state index contributed by atoms with van der Waals surface area (Å²) in [5.74, 6) is 1.48. The van der Waals surface area contributed by atoms with E-state index in [4.69, 9.17) is 20.0 Å². The molecule has 0 unspecified atom stereocenters. The van der Waals surface area contributed by atoms with Crippen LogP contribution in [0.15, 0.2) is 54.1 Å². The maximum absolute atomic E-state index is 8.81. The molecule has 0 aliphatic carbocycles. The summed E-state index contributed by atoms with van der Waals surface area (Å²) >= 11 is 0. The Morgan fingerprint density at radius 2 is 1.54 bits per heavy atom. The van der Waals surface area contributed by atoms with Crippen molar-refractivity contribution in [2.24, 2.45) is 0 Å². The van der Waals surface area contributed by atoms with Crippen molar-refractivity contribution in [3.63, 3.8) is 0 Å². The van der Waals surface area contributed by atoms with Crippen molar-refractivity contribution in [3.05, 3.63) is 65.2 Å². The maximum atomic E-state index is 8.81. The summed E-state index contributed by atoms with van der Waals surface area (Å²) < 4.78 is 11.4. The quantitative estimate of drug-likeness (QED) is 0.553. The summed E-state index contributed by atoms with van der Waals surface area (Å²) in [4.78, 5) is 0. The lowest BCUT2D eigenvalue weighted by Gasteiger charge is -2.19. The number of allylic oxidation sites excluding steroid dienone is 1. The van der Waals surface area contributed by atoms with Crippen LogP contribution in [0.5, 0.6) is 11.5 Å². The molecular formula is C22H22N2O2. The summed E-state index contributed by atoms with van der Waals surface area (Å²) in [5.41, 5.74) is 2.20. The number of benzene rings is 2. The van der Waals surface area contributed by atoms with E-state index in [0.717, 1.165) is 11.3 Å². The highest BCUT2D eigenvalue weighted by Gasteiger charge is 2.12. The van der Waals surface area contributed by atoms with E-state index in [1.54, 1.807) is 6.07 Å². The van der Waals surface area contributed by atoms with E-state index in [9.17, 15) is 0 Å². The minimum atomic E-state index is 0.0594. The average molecular weight is 346 g/mol. The van der Waals surface area contributed by atoms with Crippen LogP contribution < -0.4 is 9.47 Å². The van der Waals surface area contributed by atoms with Crippen LogP contribution in [0.1, 0.15) is 31.9 Å². The Bertz CT molecular complexity index is 831. The Kier molecular flexibility index (Phi) is 6.42. The lowest BCUT2D eigenvalue weighted by molar-refractivity contribution is 0.217. The second kappa shape index (κ2) is 8.74. The van der Waals surface area contributed by atoms with Crippen LogP contribution in [-0.4, -0.2) is 13.2 Å². The molecule has 0 spiro atoms. The van der Waals surface area contributed by atoms with Crippen molar-refractivity contribution in [2.75, 3.05) is 13.2 Å². The lowest BCUT2D eigenvalue weighted by atomic mass is 9.87. The van der Waals surface area contributed by atoms with Crippen molar-refractivity contribution in [3.8, 4) is 23.6 Å². The third kappa shape index (κ3) is 5.69. The Hall–Kier alpha value is -3.24. The van der Waals surface area contributed by atoms with Gasteiger partial charge in [0.15, 0.2) is 0 Å². The molecule has 26 heavy (non-hydrogen) atoms. The van der Waals surface area contributed by atoms with Crippen LogP contribution >= 0.6 is 0 Å². The molecule has 0 saturated heterocycles. The number of ether oxygens (including phenoxy) is 2. The maximum Gasteiger partial charge on any atom is 0.130 e. The molecule has 0 heterocycles. The van der Waals surface area contributed by atoms with E-state index in [0.29, 0.717) is 19.0 Å². The van der Waals surface area contributed by atoms with Gasteiger partial charge in [-0.05, 0) is 46.9 Å². The van der Waals surface area contributed by atoms with Gasteiger partial charge in [0.2, 0.25) is 0 Å². The van der Waals surface area contributed by atoms with Crippen molar-refractivity contribution in [2.45, 2.75) is 26.2 Å². The van der Waals surface area contributed by atoms with Crippen molar-refractivity contribution < 1.29 is 9.47 Å². The van der Waals surface area contributed by atoms with Gasteiger partial charge < -0.3 is 9.47 Å². The first-order chi connectivity index (χ1) is 12.4. The molecule has 4 nitrogen and oxygen atoms in total. The first-order valence-corrected chi connectivity index (χ1v) is 8.40. The Labute approximate surface area is 154 Å². The van der Waals surface area contributed by atoms with Crippen LogP contribution in [0.4, 0.5) is 0 Å². The Morgan fingerprint density at radius 1 is 0.923 bits per heavy atom. The molecule has 0 N–H and O–H groups in total. The number of nitriles is 2. The zero-order valence-electron chi connectivity index (χ0n) is 15.3. The van der Waals surface area contributed by atoms with Crippen LogP contribution in [0.2, 0.25) is 0 Å². The Morgan fingerprint density at radius 3 is 2.12 bits per heavy atom. The van der Waals surface area contributed by atoms with Crippen LogP contribution in [0, 0.1) is 22.7 Å². The third-order valence-electron chi connectivity index (χ3n) is 3.75. The predicted molar refractivity (Wildman–Crippen MR) is 102 cm³/mol. The highest BCUT2D eigenvalue weighted by Crippen LogP contribution is 2.24. The van der Waals surface area contributed by atoms with Crippen molar-refractivity contribution >= 4 is 6.08 Å². The standard InChI is InChI=1S/C22H22N2O2/c1-22(2,3)19-7-9-20(10-8-19)25-11-12-26-21-6-4-5-17(14-21)13-18(15-23)16-24/h4-10,13-14H,11-12H2,1-3H3. The summed E-state index contributed by atoms with van der Waals surface area (Å²) in [7, 11) is 0. The van der Waals surface area contributed by atoms with Crippen LogP contribution in [-0.2, 0) is 5.41 Å². The largest absolute Gasteiger partial charge is 0.490 e. The van der Waals surface area contributed by atoms with Gasteiger partial charge in [-0.2, -0.15) is 10.5 Å². The third-order valence-corrected chi connectivity index (χ3v) is 3.75. The molecule has 0 aliphatic rings. The number of hydrogen-bond acceptors (Lipinski definition) is 4. The van der Waals surface area contributed by atoms with Gasteiger partial charge in [-0.15, -0.1) is 0 Å². The summed E-state index contributed by atoms with van der Waals surface area (Å²) in [6.07, 6.45) is 1.53. The fraction of sp³-hybridized carbons (Fsp3) is 0.273. The molecule has 0 bridgehead atoms. The average Bonchev–Trinajstić information content (AvgIpc) is 2.63. The highest BCUT2D eigenvalue weighted by molar-refractivity contribution is 5.62. The molecule has 0 atom stereocenters. The van der Waals surface area contributed by atoms with Crippen molar-refractivity contribution in [1.29, 1.82) is 10.5 Å². The molecule has 2 aromatic rings. The molecule has 0 aromatic heterocycles. The molecule has 0 radical (unpaired) electrons. The van der Waals surface area contributed by atoms with E-state index in [2.05, 4.69) is 32.9 Å². The van der Waals surface area contributed by atoms with Crippen LogP contribution in [0.25, 0.3) is 6.08 Å². The van der Waals surface area contributed by atoms with E-state index in [1.807, 2.05) is 42.5 Å². The first-order valence-electron chi connectivity index (χ1n) is 8.40. The Balaban J connectivity index is 1.86. The molecule has 2 aromatic carbocycles. The van der Waals surface area contributed by atoms with E-state index < -0.39 is 0 Å². The smallest absolute Gasteiger partial charge is 0.130 e. The lowest BCUT2D eigenvalue weighted by Crippen LogP contribution is -2.11. The van der Waals surface area contributed by atoms with E-state index in [-0.39, 0.29) is 11.0 Å². The molecular weight excluding hydrogens is 324 g/mol. The topological polar surface area (TPSA) is 66.0 Å². The zero-order chi connectivity index (χ0) is 19.0. The molecule has 0 saturated carbocycles. The van der Waals surface area contributed by atoms with E-state index >= 15 is 0 Å². The second-order valence-electron chi connectivity index (χ2n) is 6.83. The van der Waals surface area contributed by atoms with Gasteiger partial charge in [-0.25, -0.2) is 0 Å². The molecule has 2 rings (SSSR count). The molecule has 0 fully saturated rings. The molecule has 4 heteroatoms. The second-order valence-corrected chi connectivity index (χ2v) is 6.83. The first kappa shape index (κ1) is 19.1. The minimum absolute atomic E-state index is 0.0594. The van der Waals surface area contributed by atoms with Gasteiger partial charge in [-0.3, -0.25) is 0 Å². The molecule has 0 amide bonds. The van der Waals surface area contributed by atoms with Crippen LogP contribution in [0.3, 0.4) is 0 Å². The molecule has 0 aliphatic heterocycles. The fourth-order valence-corrected chi connectivity index (χ4v) is 2.32. The number of nitrogens with zero attached hydrogens (tertiary/aromatic N) is 2. The monoisotopic (exact) mass is 346 g/mol. The van der Waals surface area contributed by atoms with Crippen molar-refractivity contribution in [1.82, 2.24) is 0 Å². The van der Waals surface area contributed by atoms with E-state index in [1.165, 1.54) is 11.6 Å². The summed E-state index contributed by atoms with van der Waals surface area (Å²) in [6, 6.07) is 19.0. The minimum Gasteiger partial charge on any atom is -0.490 e. The SMILES string of the molecule is CC(C)(C)c1ccc(OCCOc2cccc(C=C(C#N)C#N)c2)cc1. The predicted octanol–water partition coefficient (Wildman–Crippen LogP) is 4.87. The highest BCUT2D eigenvalue weighted by atomic mass is 16.5. The summed E-state index contributed by atoms with van der Waals surface area (Å²) in [5, 5.41) is 17.6. The number of rotatable bonds is 6. The molecule has 132 valence electrons. The van der Waals surface area contributed by atoms with Gasteiger partial charge in [0.1, 0.15) is 42.4 Å².